The van der Waals surface area contributed by atoms with Crippen LogP contribution in [0, 0.1) is 6.92 Å². The fraction of sp³-hybridized carbons (Fsp3) is 0.533. The van der Waals surface area contributed by atoms with Crippen LogP contribution in [0.3, 0.4) is 0 Å². The van der Waals surface area contributed by atoms with Gasteiger partial charge in [-0.05, 0) is 56.5 Å². The van der Waals surface area contributed by atoms with Gasteiger partial charge in [0.2, 0.25) is 5.91 Å². The molecule has 0 radical (unpaired) electrons. The molecule has 4 nitrogen and oxygen atoms in total. The number of halogens is 1. The molecule has 0 aromatic heterocycles. The van der Waals surface area contributed by atoms with E-state index < -0.39 is 0 Å². The molecule has 1 aliphatic heterocycles. The molecule has 1 aromatic rings. The van der Waals surface area contributed by atoms with E-state index in [0.29, 0.717) is 12.5 Å². The number of amides is 1. The van der Waals surface area contributed by atoms with Gasteiger partial charge in [0, 0.05) is 18.2 Å². The molecular formula is C15H23ClN2O2. The summed E-state index contributed by atoms with van der Waals surface area (Å²) in [5.41, 5.74) is 1.89. The first-order chi connectivity index (χ1) is 9.19. The lowest BCUT2D eigenvalue weighted by molar-refractivity contribution is -0.116. The van der Waals surface area contributed by atoms with Crippen LogP contribution < -0.4 is 15.4 Å². The smallest absolute Gasteiger partial charge is 0.224 e. The van der Waals surface area contributed by atoms with Gasteiger partial charge in [-0.1, -0.05) is 0 Å². The highest BCUT2D eigenvalue weighted by Gasteiger charge is 2.15. The maximum Gasteiger partial charge on any atom is 0.224 e. The zero-order chi connectivity index (χ0) is 13.7. The molecule has 2 rings (SSSR count). The molecule has 0 saturated carbocycles. The first-order valence-electron chi connectivity index (χ1n) is 6.87. The second kappa shape index (κ2) is 8.12. The third-order valence-electron chi connectivity index (χ3n) is 3.59. The number of methoxy groups -OCH3 is 1. The van der Waals surface area contributed by atoms with Crippen molar-refractivity contribution in [2.75, 3.05) is 19.0 Å². The Labute approximate surface area is 126 Å². The van der Waals surface area contributed by atoms with Crippen LogP contribution in [0.1, 0.15) is 31.2 Å². The number of benzene rings is 1. The van der Waals surface area contributed by atoms with Crippen LogP contribution in [0.2, 0.25) is 0 Å². The van der Waals surface area contributed by atoms with Crippen molar-refractivity contribution in [3.05, 3.63) is 23.8 Å². The molecule has 5 heteroatoms. The molecule has 1 amide bonds. The van der Waals surface area contributed by atoms with Gasteiger partial charge >= 0.3 is 0 Å². The predicted octanol–water partition coefficient (Wildman–Crippen LogP) is 2.90. The number of carbonyl (C=O) groups excluding carboxylic acids is 1. The molecule has 0 aliphatic carbocycles. The Morgan fingerprint density at radius 1 is 1.50 bits per heavy atom. The van der Waals surface area contributed by atoms with Crippen LogP contribution in [0.15, 0.2) is 18.2 Å². The zero-order valence-corrected chi connectivity index (χ0v) is 12.9. The number of rotatable bonds is 5. The lowest BCUT2D eigenvalue weighted by Crippen LogP contribution is -2.23. The Bertz CT molecular complexity index is 445. The summed E-state index contributed by atoms with van der Waals surface area (Å²) in [5, 5.41) is 6.37. The maximum atomic E-state index is 11.9. The summed E-state index contributed by atoms with van der Waals surface area (Å²) in [4.78, 5) is 11.9. The standard InChI is InChI=1S/C15H22N2O2.ClH/c1-11-10-13(19-2)6-7-14(11)17-15(18)8-5-12-4-3-9-16-12;/h6-7,10,12,16H,3-5,8-9H2,1-2H3,(H,17,18);1H. The van der Waals surface area contributed by atoms with E-state index in [-0.39, 0.29) is 18.3 Å². The minimum absolute atomic E-state index is 0. The average molecular weight is 299 g/mol. The fourth-order valence-electron chi connectivity index (χ4n) is 2.42. The van der Waals surface area contributed by atoms with E-state index in [0.717, 1.165) is 30.0 Å². The highest BCUT2D eigenvalue weighted by Crippen LogP contribution is 2.21. The summed E-state index contributed by atoms with van der Waals surface area (Å²) in [6, 6.07) is 6.19. The second-order valence-electron chi connectivity index (χ2n) is 5.06. The van der Waals surface area contributed by atoms with Gasteiger partial charge in [-0.2, -0.15) is 0 Å². The molecule has 1 unspecified atom stereocenters. The van der Waals surface area contributed by atoms with Crippen LogP contribution in [0.25, 0.3) is 0 Å². The predicted molar refractivity (Wildman–Crippen MR) is 83.9 cm³/mol. The van der Waals surface area contributed by atoms with Crippen molar-refractivity contribution in [1.29, 1.82) is 0 Å². The number of hydrogen-bond acceptors (Lipinski definition) is 3. The molecule has 1 aliphatic rings. The van der Waals surface area contributed by atoms with E-state index in [1.807, 2.05) is 25.1 Å². The molecule has 0 bridgehead atoms. The maximum absolute atomic E-state index is 11.9. The minimum Gasteiger partial charge on any atom is -0.497 e. The molecule has 112 valence electrons. The van der Waals surface area contributed by atoms with Gasteiger partial charge in [-0.15, -0.1) is 12.4 Å². The Kier molecular flexibility index (Phi) is 6.82. The van der Waals surface area contributed by atoms with Gasteiger partial charge < -0.3 is 15.4 Å². The normalized spacial score (nSPS) is 17.4. The number of carbonyl (C=O) groups is 1. The van der Waals surface area contributed by atoms with Gasteiger partial charge in [0.05, 0.1) is 7.11 Å². The van der Waals surface area contributed by atoms with Crippen LogP contribution >= 0.6 is 12.4 Å². The third-order valence-corrected chi connectivity index (χ3v) is 3.59. The molecule has 0 spiro atoms. The minimum atomic E-state index is 0. The quantitative estimate of drug-likeness (QED) is 0.879. The summed E-state index contributed by atoms with van der Waals surface area (Å²) < 4.78 is 5.15. The van der Waals surface area contributed by atoms with Crippen LogP contribution in [-0.2, 0) is 4.79 Å². The molecule has 1 fully saturated rings. The molecule has 20 heavy (non-hydrogen) atoms. The number of hydrogen-bond donors (Lipinski definition) is 2. The van der Waals surface area contributed by atoms with Gasteiger partial charge in [0.1, 0.15) is 5.75 Å². The van der Waals surface area contributed by atoms with Crippen molar-refractivity contribution in [2.45, 2.75) is 38.6 Å². The van der Waals surface area contributed by atoms with Crippen LogP contribution in [-0.4, -0.2) is 25.6 Å². The third kappa shape index (κ3) is 4.69. The van der Waals surface area contributed by atoms with Gasteiger partial charge in [0.15, 0.2) is 0 Å². The molecular weight excluding hydrogens is 276 g/mol. The van der Waals surface area contributed by atoms with Gasteiger partial charge in [0.25, 0.3) is 0 Å². The Morgan fingerprint density at radius 2 is 2.30 bits per heavy atom. The highest BCUT2D eigenvalue weighted by atomic mass is 35.5. The van der Waals surface area contributed by atoms with Crippen molar-refractivity contribution in [2.24, 2.45) is 0 Å². The van der Waals surface area contributed by atoms with Crippen molar-refractivity contribution < 1.29 is 9.53 Å². The summed E-state index contributed by atoms with van der Waals surface area (Å²) in [7, 11) is 1.64. The van der Waals surface area contributed by atoms with Crippen LogP contribution in [0.5, 0.6) is 5.75 Å². The molecule has 2 N–H and O–H groups in total. The lowest BCUT2D eigenvalue weighted by atomic mass is 10.1. The van der Waals surface area contributed by atoms with Gasteiger partial charge in [-0.3, -0.25) is 4.79 Å². The van der Waals surface area contributed by atoms with Crippen molar-refractivity contribution in [3.8, 4) is 5.75 Å². The SMILES string of the molecule is COc1ccc(NC(=O)CCC2CCCN2)c(C)c1.Cl. The molecule has 1 heterocycles. The number of ether oxygens (including phenoxy) is 1. The van der Waals surface area contributed by atoms with Crippen LogP contribution in [0.4, 0.5) is 5.69 Å². The Hall–Kier alpha value is -1.26. The first-order valence-corrected chi connectivity index (χ1v) is 6.87. The van der Waals surface area contributed by atoms with Gasteiger partial charge in [-0.25, -0.2) is 0 Å². The van der Waals surface area contributed by atoms with Crippen molar-refractivity contribution in [1.82, 2.24) is 5.32 Å². The molecule has 1 atom stereocenters. The zero-order valence-electron chi connectivity index (χ0n) is 12.1. The van der Waals surface area contributed by atoms with Crippen molar-refractivity contribution in [3.63, 3.8) is 0 Å². The Balaban J connectivity index is 0.00000200. The topological polar surface area (TPSA) is 50.4 Å². The molecule has 1 saturated heterocycles. The lowest BCUT2D eigenvalue weighted by Gasteiger charge is -2.12. The van der Waals surface area contributed by atoms with E-state index in [4.69, 9.17) is 4.74 Å². The largest absolute Gasteiger partial charge is 0.497 e. The monoisotopic (exact) mass is 298 g/mol. The fourth-order valence-corrected chi connectivity index (χ4v) is 2.42. The second-order valence-corrected chi connectivity index (χ2v) is 5.06. The first kappa shape index (κ1) is 16.8. The highest BCUT2D eigenvalue weighted by molar-refractivity contribution is 5.91. The average Bonchev–Trinajstić information content (AvgIpc) is 2.92. The van der Waals surface area contributed by atoms with E-state index in [1.165, 1.54) is 12.8 Å². The number of nitrogens with one attached hydrogen (secondary N) is 2. The summed E-state index contributed by atoms with van der Waals surface area (Å²) >= 11 is 0. The number of anilines is 1. The summed E-state index contributed by atoms with van der Waals surface area (Å²) in [6.07, 6.45) is 3.91. The summed E-state index contributed by atoms with van der Waals surface area (Å²) in [5.74, 6) is 0.896. The molecule has 1 aromatic carbocycles. The van der Waals surface area contributed by atoms with Crippen molar-refractivity contribution >= 4 is 24.0 Å². The Morgan fingerprint density at radius 3 is 2.90 bits per heavy atom. The number of aryl methyl sites for hydroxylation is 1. The van der Waals surface area contributed by atoms with E-state index >= 15 is 0 Å². The van der Waals surface area contributed by atoms with E-state index in [9.17, 15) is 4.79 Å². The van der Waals surface area contributed by atoms with E-state index in [2.05, 4.69) is 10.6 Å². The summed E-state index contributed by atoms with van der Waals surface area (Å²) in [6.45, 7) is 3.06. The van der Waals surface area contributed by atoms with E-state index in [1.54, 1.807) is 7.11 Å².